The Morgan fingerprint density at radius 2 is 1.38 bits per heavy atom. The second kappa shape index (κ2) is 9.54. The fourth-order valence-corrected chi connectivity index (χ4v) is 4.84. The van der Waals surface area contributed by atoms with Crippen LogP contribution in [0.1, 0.15) is 5.76 Å². The lowest BCUT2D eigenvalue weighted by molar-refractivity contribution is -0.120. The van der Waals surface area contributed by atoms with Crippen LogP contribution in [0.4, 0.5) is 17.3 Å². The molecule has 3 aromatic rings. The van der Waals surface area contributed by atoms with E-state index < -0.39 is 11.8 Å². The van der Waals surface area contributed by atoms with Gasteiger partial charge in [-0.2, -0.15) is 0 Å². The molecule has 34 heavy (non-hydrogen) atoms. The first kappa shape index (κ1) is 22.5. The number of morpholine rings is 1. The highest BCUT2D eigenvalue weighted by Crippen LogP contribution is 2.34. The molecule has 0 radical (unpaired) electrons. The second-order valence-corrected chi connectivity index (χ2v) is 8.91. The molecule has 2 amide bonds. The van der Waals surface area contributed by atoms with E-state index >= 15 is 0 Å². The maximum absolute atomic E-state index is 13.6. The summed E-state index contributed by atoms with van der Waals surface area (Å²) in [6, 6.07) is 19.8. The normalized spacial score (nSPS) is 16.9. The van der Waals surface area contributed by atoms with Crippen molar-refractivity contribution in [1.82, 2.24) is 0 Å². The third-order valence-corrected chi connectivity index (χ3v) is 6.48. The summed E-state index contributed by atoms with van der Waals surface area (Å²) in [6.07, 6.45) is 1.48. The number of benzene rings is 2. The summed E-state index contributed by atoms with van der Waals surface area (Å²) in [5.41, 5.74) is 1.11. The molecule has 172 valence electrons. The zero-order valence-corrected chi connectivity index (χ0v) is 20.4. The van der Waals surface area contributed by atoms with Gasteiger partial charge in [-0.3, -0.25) is 19.4 Å². The highest BCUT2D eigenvalue weighted by Gasteiger charge is 2.41. The number of hydrogen-bond acceptors (Lipinski definition) is 6. The number of rotatable bonds is 4. The largest absolute Gasteiger partial charge is 0.440 e. The van der Waals surface area contributed by atoms with Crippen molar-refractivity contribution in [3.8, 4) is 0 Å². The van der Waals surface area contributed by atoms with E-state index in [1.54, 1.807) is 30.3 Å². The van der Waals surface area contributed by atoms with Crippen LogP contribution in [0.25, 0.3) is 6.08 Å². The van der Waals surface area contributed by atoms with Crippen molar-refractivity contribution < 1.29 is 18.7 Å². The molecule has 5 rings (SSSR count). The van der Waals surface area contributed by atoms with Gasteiger partial charge in [0.15, 0.2) is 5.11 Å². The number of halogens is 1. The molecule has 2 aliphatic rings. The molecule has 2 saturated heterocycles. The molecule has 0 unspecified atom stereocenters. The molecule has 9 heteroatoms. The lowest BCUT2D eigenvalue weighted by atomic mass is 10.1. The van der Waals surface area contributed by atoms with Crippen molar-refractivity contribution in [3.63, 3.8) is 0 Å². The Kier molecular flexibility index (Phi) is 6.32. The number of para-hydroxylation sites is 2. The monoisotopic (exact) mass is 537 g/mol. The summed E-state index contributed by atoms with van der Waals surface area (Å²) in [6.45, 7) is 2.60. The van der Waals surface area contributed by atoms with Gasteiger partial charge < -0.3 is 14.1 Å². The predicted octanol–water partition coefficient (Wildman–Crippen LogP) is 4.63. The first-order valence-corrected chi connectivity index (χ1v) is 11.9. The number of amides is 2. The maximum atomic E-state index is 13.6. The van der Waals surface area contributed by atoms with Crippen LogP contribution in [0.3, 0.4) is 0 Å². The van der Waals surface area contributed by atoms with Crippen LogP contribution in [0.5, 0.6) is 0 Å². The van der Waals surface area contributed by atoms with Crippen LogP contribution in [-0.4, -0.2) is 43.2 Å². The van der Waals surface area contributed by atoms with Crippen molar-refractivity contribution in [2.24, 2.45) is 0 Å². The molecular formula is C25H20BrN3O4S. The lowest BCUT2D eigenvalue weighted by Gasteiger charge is -2.36. The molecule has 7 nitrogen and oxygen atoms in total. The second-order valence-electron chi connectivity index (χ2n) is 7.69. The summed E-state index contributed by atoms with van der Waals surface area (Å²) in [4.78, 5) is 31.9. The molecule has 0 N–H and O–H groups in total. The Morgan fingerprint density at radius 3 is 1.91 bits per heavy atom. The van der Waals surface area contributed by atoms with Crippen LogP contribution in [0.2, 0.25) is 0 Å². The predicted molar refractivity (Wildman–Crippen MR) is 138 cm³/mol. The van der Waals surface area contributed by atoms with Crippen LogP contribution in [0.15, 0.2) is 81.2 Å². The van der Waals surface area contributed by atoms with Crippen molar-refractivity contribution in [1.29, 1.82) is 0 Å². The highest BCUT2D eigenvalue weighted by atomic mass is 79.9. The van der Waals surface area contributed by atoms with Crippen molar-refractivity contribution in [2.45, 2.75) is 0 Å². The number of ether oxygens (including phenoxy) is 1. The van der Waals surface area contributed by atoms with Gasteiger partial charge in [0, 0.05) is 19.2 Å². The van der Waals surface area contributed by atoms with E-state index in [4.69, 9.17) is 21.4 Å². The van der Waals surface area contributed by atoms with Crippen molar-refractivity contribution in [3.05, 3.63) is 82.5 Å². The van der Waals surface area contributed by atoms with Crippen LogP contribution < -0.4 is 14.7 Å². The molecule has 0 aliphatic carbocycles. The minimum absolute atomic E-state index is 0.0453. The highest BCUT2D eigenvalue weighted by molar-refractivity contribution is 9.10. The topological polar surface area (TPSA) is 66.2 Å². The van der Waals surface area contributed by atoms with Gasteiger partial charge in [-0.15, -0.1) is 0 Å². The third kappa shape index (κ3) is 4.18. The summed E-state index contributed by atoms with van der Waals surface area (Å²) in [7, 11) is 0. The van der Waals surface area contributed by atoms with E-state index in [1.807, 2.05) is 36.4 Å². The van der Waals surface area contributed by atoms with Gasteiger partial charge in [0.1, 0.15) is 11.3 Å². The number of anilines is 3. The molecule has 0 spiro atoms. The number of hydrogen-bond donors (Lipinski definition) is 0. The van der Waals surface area contributed by atoms with Crippen molar-refractivity contribution in [2.75, 3.05) is 41.0 Å². The van der Waals surface area contributed by atoms with Crippen LogP contribution in [0, 0.1) is 0 Å². The average molecular weight is 538 g/mol. The maximum Gasteiger partial charge on any atom is 0.270 e. The lowest BCUT2D eigenvalue weighted by Crippen LogP contribution is -2.56. The number of nitrogens with zero attached hydrogens (tertiary/aromatic N) is 3. The van der Waals surface area contributed by atoms with Crippen LogP contribution >= 0.6 is 28.1 Å². The smallest absolute Gasteiger partial charge is 0.270 e. The first-order valence-electron chi connectivity index (χ1n) is 10.7. The van der Waals surface area contributed by atoms with Gasteiger partial charge in [-0.25, -0.2) is 0 Å². The van der Waals surface area contributed by atoms with Gasteiger partial charge in [0.2, 0.25) is 5.88 Å². The summed E-state index contributed by atoms with van der Waals surface area (Å²) >= 11 is 9.17. The molecule has 0 saturated carbocycles. The van der Waals surface area contributed by atoms with E-state index in [1.165, 1.54) is 15.9 Å². The molecule has 0 atom stereocenters. The van der Waals surface area contributed by atoms with Crippen molar-refractivity contribution >= 4 is 68.4 Å². The number of furan rings is 1. The molecule has 1 aromatic heterocycles. The quantitative estimate of drug-likeness (QED) is 0.274. The standard InChI is InChI=1S/C25H20BrN3O4S/c26-21-16-19(33-24(21)27-11-13-32-14-12-27)15-20-22(30)28(17-7-3-1-4-8-17)25(34)29(23(20)31)18-9-5-2-6-10-18/h1-10,15-16H,11-14H2. The zero-order valence-electron chi connectivity index (χ0n) is 18.0. The van der Waals surface area contributed by atoms with E-state index in [-0.39, 0.29) is 10.7 Å². The Balaban J connectivity index is 1.58. The Hall–Kier alpha value is -3.27. The Bertz CT molecular complexity index is 1210. The molecule has 2 fully saturated rings. The Labute approximate surface area is 210 Å². The average Bonchev–Trinajstić information content (AvgIpc) is 3.24. The third-order valence-electron chi connectivity index (χ3n) is 5.55. The van der Waals surface area contributed by atoms with E-state index in [9.17, 15) is 9.59 Å². The van der Waals surface area contributed by atoms with Gasteiger partial charge in [0.25, 0.3) is 11.8 Å². The zero-order chi connectivity index (χ0) is 23.7. The summed E-state index contributed by atoms with van der Waals surface area (Å²) < 4.78 is 12.2. The van der Waals surface area contributed by atoms with Crippen LogP contribution in [-0.2, 0) is 14.3 Å². The first-order chi connectivity index (χ1) is 16.5. The number of thiocarbonyl (C=S) groups is 1. The van der Waals surface area contributed by atoms with Gasteiger partial charge in [-0.05, 0) is 58.5 Å². The van der Waals surface area contributed by atoms with Gasteiger partial charge in [-0.1, -0.05) is 36.4 Å². The minimum atomic E-state index is -0.506. The Morgan fingerprint density at radius 1 is 0.853 bits per heavy atom. The SMILES string of the molecule is O=C1C(=Cc2cc(Br)c(N3CCOCC3)o2)C(=O)N(c2ccccc2)C(=S)N1c1ccccc1. The van der Waals surface area contributed by atoms with E-state index in [2.05, 4.69) is 20.8 Å². The molecule has 0 bridgehead atoms. The summed E-state index contributed by atoms with van der Waals surface area (Å²) in [5.74, 6) is 0.0165. The molecular weight excluding hydrogens is 518 g/mol. The van der Waals surface area contributed by atoms with Gasteiger partial charge in [0.05, 0.1) is 29.1 Å². The fraction of sp³-hybridized carbons (Fsp3) is 0.160. The minimum Gasteiger partial charge on any atom is -0.440 e. The molecule has 2 aliphatic heterocycles. The fourth-order valence-electron chi connectivity index (χ4n) is 3.91. The molecule has 3 heterocycles. The molecule has 2 aromatic carbocycles. The van der Waals surface area contributed by atoms with E-state index in [0.717, 1.165) is 4.47 Å². The number of carbonyl (C=O) groups is 2. The summed E-state index contributed by atoms with van der Waals surface area (Å²) in [5, 5.41) is 0.0965. The van der Waals surface area contributed by atoms with Gasteiger partial charge >= 0.3 is 0 Å². The number of carbonyl (C=O) groups excluding carboxylic acids is 2. The van der Waals surface area contributed by atoms with E-state index in [0.29, 0.717) is 49.3 Å².